The number of aliphatic hydroxyl groups excluding tert-OH is 1. The molecule has 0 unspecified atom stereocenters. The first-order valence-electron chi connectivity index (χ1n) is 5.42. The first-order chi connectivity index (χ1) is 8.99. The summed E-state index contributed by atoms with van der Waals surface area (Å²) in [5.74, 6) is 0. The lowest BCUT2D eigenvalue weighted by Crippen LogP contribution is -2.36. The van der Waals surface area contributed by atoms with Crippen LogP contribution in [0.1, 0.15) is 11.1 Å². The van der Waals surface area contributed by atoms with Gasteiger partial charge in [-0.15, -0.1) is 0 Å². The summed E-state index contributed by atoms with van der Waals surface area (Å²) in [7, 11) is -3.51. The molecule has 4 nitrogen and oxygen atoms in total. The van der Waals surface area contributed by atoms with Gasteiger partial charge in [0.2, 0.25) is 10.0 Å². The molecule has 0 aliphatic rings. The van der Waals surface area contributed by atoms with Crippen molar-refractivity contribution >= 4 is 21.6 Å². The molecule has 0 aliphatic heterocycles. The van der Waals surface area contributed by atoms with Gasteiger partial charge in [-0.3, -0.25) is 0 Å². The zero-order chi connectivity index (χ0) is 15.7. The van der Waals surface area contributed by atoms with E-state index in [0.717, 1.165) is 13.1 Å². The predicted molar refractivity (Wildman–Crippen MR) is 68.0 cm³/mol. The highest BCUT2D eigenvalue weighted by Gasteiger charge is 2.35. The second-order valence-electron chi connectivity index (χ2n) is 4.22. The van der Waals surface area contributed by atoms with Gasteiger partial charge in [-0.05, 0) is 30.2 Å². The molecule has 9 heteroatoms. The highest BCUT2D eigenvalue weighted by Crippen LogP contribution is 2.28. The molecule has 0 radical (unpaired) electrons. The molecule has 114 valence electrons. The number of halogens is 4. The van der Waals surface area contributed by atoms with Crippen LogP contribution in [-0.2, 0) is 16.6 Å². The fourth-order valence-electron chi connectivity index (χ4n) is 1.65. The van der Waals surface area contributed by atoms with Gasteiger partial charge in [0.1, 0.15) is 6.54 Å². The van der Waals surface area contributed by atoms with Crippen LogP contribution < -0.4 is 0 Å². The Kier molecular flexibility index (Phi) is 5.07. The highest BCUT2D eigenvalue weighted by atomic mass is 35.5. The van der Waals surface area contributed by atoms with Crippen molar-refractivity contribution in [1.29, 1.82) is 0 Å². The number of sulfonamides is 1. The molecule has 1 N–H and O–H groups in total. The van der Waals surface area contributed by atoms with Crippen LogP contribution in [0.5, 0.6) is 0 Å². The molecule has 0 aromatic heterocycles. The van der Waals surface area contributed by atoms with Crippen LogP contribution in [0.4, 0.5) is 13.2 Å². The fraction of sp³-hybridized carbons (Fsp3) is 0.455. The van der Waals surface area contributed by atoms with Crippen molar-refractivity contribution in [3.05, 3.63) is 28.3 Å². The molecule has 0 atom stereocenters. The Morgan fingerprint density at radius 1 is 1.35 bits per heavy atom. The lowest BCUT2D eigenvalue weighted by molar-refractivity contribution is -0.134. The molecule has 0 amide bonds. The molecule has 0 saturated heterocycles. The minimum atomic E-state index is -4.64. The van der Waals surface area contributed by atoms with Crippen LogP contribution in [0.25, 0.3) is 0 Å². The van der Waals surface area contributed by atoms with Crippen LogP contribution in [0, 0.1) is 6.92 Å². The molecule has 1 aromatic carbocycles. The van der Waals surface area contributed by atoms with Gasteiger partial charge in [0.25, 0.3) is 0 Å². The van der Waals surface area contributed by atoms with E-state index >= 15 is 0 Å². The summed E-state index contributed by atoms with van der Waals surface area (Å²) in [6, 6.07) is 2.43. The second kappa shape index (κ2) is 5.88. The van der Waals surface area contributed by atoms with E-state index in [-0.39, 0.29) is 25.4 Å². The molecule has 1 rings (SSSR count). The largest absolute Gasteiger partial charge is 0.402 e. The molecule has 0 spiro atoms. The summed E-state index contributed by atoms with van der Waals surface area (Å²) < 4.78 is 61.4. The van der Waals surface area contributed by atoms with Crippen molar-refractivity contribution < 1.29 is 26.7 Å². The Balaban J connectivity index is 3.32. The molecule has 0 fully saturated rings. The maximum atomic E-state index is 12.3. The van der Waals surface area contributed by atoms with Crippen molar-refractivity contribution in [3.63, 3.8) is 0 Å². The summed E-state index contributed by atoms with van der Waals surface area (Å²) in [5, 5.41) is 9.14. The van der Waals surface area contributed by atoms with Crippen molar-refractivity contribution in [2.45, 2.75) is 24.6 Å². The van der Waals surface area contributed by atoms with Gasteiger partial charge in [0.05, 0.1) is 11.5 Å². The molecular weight excluding hydrogens is 319 g/mol. The third-order valence-corrected chi connectivity index (χ3v) is 4.84. The van der Waals surface area contributed by atoms with E-state index in [1.807, 2.05) is 0 Å². The van der Waals surface area contributed by atoms with Gasteiger partial charge in [0.15, 0.2) is 0 Å². The third kappa shape index (κ3) is 3.85. The Morgan fingerprint density at radius 3 is 2.35 bits per heavy atom. The Morgan fingerprint density at radius 2 is 1.90 bits per heavy atom. The third-order valence-electron chi connectivity index (χ3n) is 2.69. The van der Waals surface area contributed by atoms with E-state index in [1.165, 1.54) is 13.0 Å². The summed E-state index contributed by atoms with van der Waals surface area (Å²) in [5.41, 5.74) is 0.419. The maximum absolute atomic E-state index is 12.3. The maximum Gasteiger partial charge on any atom is 0.402 e. The van der Waals surface area contributed by atoms with E-state index < -0.39 is 29.4 Å². The lowest BCUT2D eigenvalue weighted by Gasteiger charge is -2.21. The molecular formula is C11H13ClF3NO3S. The summed E-state index contributed by atoms with van der Waals surface area (Å²) in [4.78, 5) is -0.346. The predicted octanol–water partition coefficient (Wildman–Crippen LogP) is 2.32. The molecule has 1 aromatic rings. The van der Waals surface area contributed by atoms with Gasteiger partial charge in [-0.25, -0.2) is 8.42 Å². The average molecular weight is 332 g/mol. The van der Waals surface area contributed by atoms with E-state index in [4.69, 9.17) is 16.7 Å². The van der Waals surface area contributed by atoms with Crippen molar-refractivity contribution in [2.75, 3.05) is 13.6 Å². The smallest absolute Gasteiger partial charge is 0.392 e. The van der Waals surface area contributed by atoms with Gasteiger partial charge in [-0.1, -0.05) is 11.6 Å². The van der Waals surface area contributed by atoms with E-state index in [9.17, 15) is 21.6 Å². The Labute approximate surface area is 119 Å². The van der Waals surface area contributed by atoms with Crippen LogP contribution in [0.3, 0.4) is 0 Å². The summed E-state index contributed by atoms with van der Waals surface area (Å²) in [6.45, 7) is -0.663. The normalized spacial score (nSPS) is 13.0. The van der Waals surface area contributed by atoms with Crippen molar-refractivity contribution in [1.82, 2.24) is 4.31 Å². The minimum absolute atomic E-state index is 0.0265. The van der Waals surface area contributed by atoms with Crippen LogP contribution in [0.15, 0.2) is 17.0 Å². The first-order valence-corrected chi connectivity index (χ1v) is 7.24. The van der Waals surface area contributed by atoms with Gasteiger partial charge in [-0.2, -0.15) is 17.5 Å². The standard InChI is InChI=1S/C11H13ClF3NO3S/c1-7-8(5-17)3-9(12)4-10(7)20(18,19)16(2)6-11(13,14)15/h3-4,17H,5-6H2,1-2H3. The van der Waals surface area contributed by atoms with Crippen LogP contribution in [-0.4, -0.2) is 37.6 Å². The monoisotopic (exact) mass is 331 g/mol. The number of nitrogens with zero attached hydrogens (tertiary/aromatic N) is 1. The fourth-order valence-corrected chi connectivity index (χ4v) is 3.40. The first kappa shape index (κ1) is 17.2. The Hall–Kier alpha value is -0.830. The van der Waals surface area contributed by atoms with Gasteiger partial charge < -0.3 is 5.11 Å². The number of hydrogen-bond donors (Lipinski definition) is 1. The average Bonchev–Trinajstić information content (AvgIpc) is 2.29. The molecule has 0 heterocycles. The van der Waals surface area contributed by atoms with Crippen molar-refractivity contribution in [3.8, 4) is 0 Å². The van der Waals surface area contributed by atoms with E-state index in [2.05, 4.69) is 0 Å². The van der Waals surface area contributed by atoms with Gasteiger partial charge >= 0.3 is 6.18 Å². The lowest BCUT2D eigenvalue weighted by atomic mass is 10.1. The van der Waals surface area contributed by atoms with Crippen LogP contribution in [0.2, 0.25) is 5.02 Å². The zero-order valence-electron chi connectivity index (χ0n) is 10.7. The minimum Gasteiger partial charge on any atom is -0.392 e. The Bertz CT molecular complexity index is 602. The van der Waals surface area contributed by atoms with Crippen molar-refractivity contribution in [2.24, 2.45) is 0 Å². The molecule has 0 aliphatic carbocycles. The zero-order valence-corrected chi connectivity index (χ0v) is 12.3. The van der Waals surface area contributed by atoms with Gasteiger partial charge in [0, 0.05) is 12.1 Å². The summed E-state index contributed by atoms with van der Waals surface area (Å²) in [6.07, 6.45) is -4.64. The van der Waals surface area contributed by atoms with Crippen LogP contribution >= 0.6 is 11.6 Å². The second-order valence-corrected chi connectivity index (χ2v) is 6.67. The summed E-state index contributed by atoms with van der Waals surface area (Å²) >= 11 is 5.73. The number of alkyl halides is 3. The number of aliphatic hydroxyl groups is 1. The highest BCUT2D eigenvalue weighted by molar-refractivity contribution is 7.89. The van der Waals surface area contributed by atoms with E-state index in [1.54, 1.807) is 0 Å². The molecule has 0 bridgehead atoms. The molecule has 0 saturated carbocycles. The SMILES string of the molecule is Cc1c(CO)cc(Cl)cc1S(=O)(=O)N(C)CC(F)(F)F. The molecule has 20 heavy (non-hydrogen) atoms. The number of hydrogen-bond acceptors (Lipinski definition) is 3. The quantitative estimate of drug-likeness (QED) is 0.921. The number of benzene rings is 1. The van der Waals surface area contributed by atoms with E-state index in [0.29, 0.717) is 0 Å². The number of rotatable bonds is 4. The topological polar surface area (TPSA) is 57.6 Å².